The largest absolute Gasteiger partial charge is 0.289 e. The van der Waals surface area contributed by atoms with Gasteiger partial charge >= 0.3 is 0 Å². The Morgan fingerprint density at radius 3 is 1.73 bits per heavy atom. The highest BCUT2D eigenvalue weighted by molar-refractivity contribution is 6.83. The molecule has 128 valence electrons. The third kappa shape index (κ3) is 4.59. The van der Waals surface area contributed by atoms with Crippen LogP contribution in [0.25, 0.3) is 11.1 Å². The van der Waals surface area contributed by atoms with Crippen molar-refractivity contribution < 1.29 is 4.79 Å². The molecule has 0 atom stereocenters. The van der Waals surface area contributed by atoms with Gasteiger partial charge in [0.1, 0.15) is 8.07 Å². The number of rotatable bonds is 3. The molecule has 26 heavy (non-hydrogen) atoms. The second kappa shape index (κ2) is 7.55. The molecule has 0 amide bonds. The van der Waals surface area contributed by atoms with Crippen molar-refractivity contribution in [2.45, 2.75) is 19.6 Å². The summed E-state index contributed by atoms with van der Waals surface area (Å²) < 4.78 is 0. The van der Waals surface area contributed by atoms with Gasteiger partial charge in [0.15, 0.2) is 5.78 Å². The molecule has 0 aliphatic rings. The van der Waals surface area contributed by atoms with E-state index in [1.165, 1.54) is 0 Å². The van der Waals surface area contributed by atoms with E-state index in [4.69, 9.17) is 0 Å². The van der Waals surface area contributed by atoms with Crippen molar-refractivity contribution in [3.05, 3.63) is 95.6 Å². The van der Waals surface area contributed by atoms with Crippen LogP contribution in [0.4, 0.5) is 0 Å². The van der Waals surface area contributed by atoms with E-state index in [2.05, 4.69) is 55.4 Å². The highest BCUT2D eigenvalue weighted by Crippen LogP contribution is 2.21. The van der Waals surface area contributed by atoms with E-state index in [0.717, 1.165) is 16.7 Å². The van der Waals surface area contributed by atoms with Crippen LogP contribution in [0.1, 0.15) is 21.5 Å². The van der Waals surface area contributed by atoms with Crippen molar-refractivity contribution in [2.75, 3.05) is 0 Å². The minimum Gasteiger partial charge on any atom is -0.289 e. The number of carbonyl (C=O) groups is 1. The number of hydrogen-bond acceptors (Lipinski definition) is 1. The molecule has 0 radical (unpaired) electrons. The molecule has 0 fully saturated rings. The lowest BCUT2D eigenvalue weighted by Gasteiger charge is -2.05. The topological polar surface area (TPSA) is 17.1 Å². The minimum atomic E-state index is -1.36. The number of ketones is 1. The number of carbonyl (C=O) groups excluding carboxylic acids is 1. The fourth-order valence-corrected chi connectivity index (χ4v) is 3.10. The summed E-state index contributed by atoms with van der Waals surface area (Å²) in [5.41, 5.74) is 8.08. The fourth-order valence-electron chi connectivity index (χ4n) is 2.58. The van der Waals surface area contributed by atoms with E-state index in [0.29, 0.717) is 11.1 Å². The first-order valence-electron chi connectivity index (χ1n) is 8.76. The van der Waals surface area contributed by atoms with Gasteiger partial charge in [-0.05, 0) is 23.3 Å². The summed E-state index contributed by atoms with van der Waals surface area (Å²) in [5, 5.41) is 0. The van der Waals surface area contributed by atoms with Gasteiger partial charge in [-0.25, -0.2) is 0 Å². The average Bonchev–Trinajstić information content (AvgIpc) is 2.66. The zero-order chi connectivity index (χ0) is 18.6. The molecule has 1 nitrogen and oxygen atoms in total. The van der Waals surface area contributed by atoms with Crippen LogP contribution in [0.5, 0.6) is 0 Å². The first-order valence-corrected chi connectivity index (χ1v) is 12.3. The van der Waals surface area contributed by atoms with Crippen LogP contribution >= 0.6 is 0 Å². The maximum absolute atomic E-state index is 12.5. The molecule has 3 aromatic carbocycles. The molecule has 0 aliphatic heterocycles. The Kier molecular flexibility index (Phi) is 5.21. The second-order valence-corrected chi connectivity index (χ2v) is 12.1. The monoisotopic (exact) mass is 354 g/mol. The van der Waals surface area contributed by atoms with E-state index in [-0.39, 0.29) is 5.78 Å². The molecule has 0 saturated carbocycles. The normalized spacial score (nSPS) is 10.7. The molecule has 3 aromatic rings. The maximum Gasteiger partial charge on any atom is 0.193 e. The lowest BCUT2D eigenvalue weighted by Crippen LogP contribution is -2.16. The first kappa shape index (κ1) is 17.9. The standard InChI is InChI=1S/C24H22OSi/c1-26(2,3)18-17-19-9-11-20(12-10-19)21-13-15-23(16-14-21)24(25)22-7-5-4-6-8-22/h4-16H,1-3H3. The molecular weight excluding hydrogens is 332 g/mol. The molecule has 0 heterocycles. The molecule has 0 bridgehead atoms. The molecule has 0 N–H and O–H groups in total. The Balaban J connectivity index is 1.78. The van der Waals surface area contributed by atoms with E-state index in [9.17, 15) is 4.79 Å². The Morgan fingerprint density at radius 1 is 0.692 bits per heavy atom. The van der Waals surface area contributed by atoms with E-state index in [1.54, 1.807) is 0 Å². The summed E-state index contributed by atoms with van der Waals surface area (Å²) in [6.45, 7) is 6.73. The average molecular weight is 355 g/mol. The van der Waals surface area contributed by atoms with E-state index in [1.807, 2.05) is 54.6 Å². The Hall–Kier alpha value is -2.89. The van der Waals surface area contributed by atoms with E-state index < -0.39 is 8.07 Å². The van der Waals surface area contributed by atoms with Crippen LogP contribution in [0.3, 0.4) is 0 Å². The predicted octanol–water partition coefficient (Wildman–Crippen LogP) is 5.81. The molecule has 0 aromatic heterocycles. The van der Waals surface area contributed by atoms with Crippen molar-refractivity contribution in [3.8, 4) is 22.6 Å². The maximum atomic E-state index is 12.5. The van der Waals surface area contributed by atoms with Crippen LogP contribution < -0.4 is 0 Å². The van der Waals surface area contributed by atoms with Gasteiger partial charge in [-0.1, -0.05) is 92.3 Å². The summed E-state index contributed by atoms with van der Waals surface area (Å²) in [7, 11) is -1.36. The third-order valence-electron chi connectivity index (χ3n) is 3.98. The van der Waals surface area contributed by atoms with Crippen molar-refractivity contribution in [3.63, 3.8) is 0 Å². The first-order chi connectivity index (χ1) is 12.4. The van der Waals surface area contributed by atoms with Gasteiger partial charge in [0.05, 0.1) is 0 Å². The highest BCUT2D eigenvalue weighted by Gasteiger charge is 2.09. The van der Waals surface area contributed by atoms with Crippen LogP contribution in [0.15, 0.2) is 78.9 Å². The molecule has 3 rings (SSSR count). The van der Waals surface area contributed by atoms with Crippen LogP contribution in [-0.2, 0) is 0 Å². The third-order valence-corrected chi connectivity index (χ3v) is 4.86. The lowest BCUT2D eigenvalue weighted by molar-refractivity contribution is 0.103. The zero-order valence-electron chi connectivity index (χ0n) is 15.4. The lowest BCUT2D eigenvalue weighted by atomic mass is 9.99. The highest BCUT2D eigenvalue weighted by atomic mass is 28.3. The van der Waals surface area contributed by atoms with Gasteiger partial charge in [-0.15, -0.1) is 5.54 Å². The van der Waals surface area contributed by atoms with Gasteiger partial charge in [0, 0.05) is 16.7 Å². The quantitative estimate of drug-likeness (QED) is 0.329. The van der Waals surface area contributed by atoms with Gasteiger partial charge in [0.25, 0.3) is 0 Å². The van der Waals surface area contributed by atoms with Crippen LogP contribution in [0, 0.1) is 11.5 Å². The molecule has 0 saturated heterocycles. The van der Waals surface area contributed by atoms with Crippen LogP contribution in [0.2, 0.25) is 19.6 Å². The zero-order valence-corrected chi connectivity index (χ0v) is 16.4. The molecule has 0 unspecified atom stereocenters. The second-order valence-electron chi connectivity index (χ2n) is 7.35. The minimum absolute atomic E-state index is 0.0501. The summed E-state index contributed by atoms with van der Waals surface area (Å²) in [6.07, 6.45) is 0. The van der Waals surface area contributed by atoms with E-state index >= 15 is 0 Å². The molecule has 0 spiro atoms. The van der Waals surface area contributed by atoms with Crippen molar-refractivity contribution in [1.82, 2.24) is 0 Å². The SMILES string of the molecule is C[Si](C)(C)C#Cc1ccc(-c2ccc(C(=O)c3ccccc3)cc2)cc1. The van der Waals surface area contributed by atoms with Crippen molar-refractivity contribution in [1.29, 1.82) is 0 Å². The summed E-state index contributed by atoms with van der Waals surface area (Å²) in [4.78, 5) is 12.5. The molecule has 2 heteroatoms. The Bertz CT molecular complexity index is 951. The van der Waals surface area contributed by atoms with Gasteiger partial charge in [0.2, 0.25) is 0 Å². The van der Waals surface area contributed by atoms with Crippen molar-refractivity contribution >= 4 is 13.9 Å². The number of hydrogen-bond donors (Lipinski definition) is 0. The summed E-state index contributed by atoms with van der Waals surface area (Å²) in [5.74, 6) is 3.32. The van der Waals surface area contributed by atoms with Gasteiger partial charge in [-0.3, -0.25) is 4.79 Å². The predicted molar refractivity (Wildman–Crippen MR) is 112 cm³/mol. The summed E-state index contributed by atoms with van der Waals surface area (Å²) >= 11 is 0. The smallest absolute Gasteiger partial charge is 0.193 e. The molecule has 0 aliphatic carbocycles. The van der Waals surface area contributed by atoms with Gasteiger partial charge < -0.3 is 0 Å². The molecular formula is C24H22OSi. The number of benzene rings is 3. The Labute approximate surface area is 156 Å². The van der Waals surface area contributed by atoms with Gasteiger partial charge in [-0.2, -0.15) is 0 Å². The fraction of sp³-hybridized carbons (Fsp3) is 0.125. The Morgan fingerprint density at radius 2 is 1.19 bits per heavy atom. The van der Waals surface area contributed by atoms with Crippen LogP contribution in [-0.4, -0.2) is 13.9 Å². The summed E-state index contributed by atoms with van der Waals surface area (Å²) in [6, 6.07) is 25.4. The van der Waals surface area contributed by atoms with Crippen molar-refractivity contribution in [2.24, 2.45) is 0 Å².